The van der Waals surface area contributed by atoms with Gasteiger partial charge in [0.15, 0.2) is 0 Å². The van der Waals surface area contributed by atoms with Crippen LogP contribution in [0.5, 0.6) is 0 Å². The van der Waals surface area contributed by atoms with Crippen molar-refractivity contribution in [1.29, 1.82) is 0 Å². The smallest absolute Gasteiger partial charge is 0.260 e. The Morgan fingerprint density at radius 2 is 1.93 bits per heavy atom. The third kappa shape index (κ3) is 4.18. The van der Waals surface area contributed by atoms with E-state index >= 15 is 0 Å². The lowest BCUT2D eigenvalue weighted by Crippen LogP contribution is -2.12. The molecule has 3 rings (SSSR count). The number of aromatic nitrogens is 1. The van der Waals surface area contributed by atoms with E-state index in [0.717, 1.165) is 35.9 Å². The van der Waals surface area contributed by atoms with Crippen LogP contribution in [0.3, 0.4) is 0 Å². The molecule has 1 amide bonds. The van der Waals surface area contributed by atoms with Gasteiger partial charge in [0.2, 0.25) is 0 Å². The number of allylic oxidation sites excluding steroid dienone is 2. The van der Waals surface area contributed by atoms with E-state index in [1.165, 1.54) is 59.4 Å². The van der Waals surface area contributed by atoms with Crippen molar-refractivity contribution in [2.45, 2.75) is 78.1 Å². The number of rotatable bonds is 5. The van der Waals surface area contributed by atoms with Gasteiger partial charge in [-0.3, -0.25) is 4.79 Å². The van der Waals surface area contributed by atoms with Crippen molar-refractivity contribution in [3.8, 4) is 0 Å². The highest BCUT2D eigenvalue weighted by atomic mass is 32.1. The highest BCUT2D eigenvalue weighted by Gasteiger charge is 2.25. The quantitative estimate of drug-likeness (QED) is 0.668. The molecule has 0 aromatic carbocycles. The number of nitrogens with two attached hydrogens (primary N) is 2. The molecule has 0 aliphatic heterocycles. The van der Waals surface area contributed by atoms with E-state index in [1.807, 2.05) is 0 Å². The van der Waals surface area contributed by atoms with Crippen LogP contribution in [0.15, 0.2) is 11.6 Å². The van der Waals surface area contributed by atoms with Gasteiger partial charge in [-0.05, 0) is 69.4 Å². The number of carbonyl (C=O) groups excluding carboxylic acids is 1. The molecule has 2 heterocycles. The number of aryl methyl sites for hydroxylation is 1. The van der Waals surface area contributed by atoms with Crippen LogP contribution < -0.4 is 11.5 Å². The lowest BCUT2D eigenvalue weighted by molar-refractivity contribution is 0.100. The third-order valence-electron chi connectivity index (χ3n) is 5.57. The van der Waals surface area contributed by atoms with Gasteiger partial charge in [-0.1, -0.05) is 31.4 Å². The molecule has 0 fully saturated rings. The first-order valence-electron chi connectivity index (χ1n) is 10.1. The van der Waals surface area contributed by atoms with Gasteiger partial charge in [0, 0.05) is 11.1 Å². The standard InChI is InChI=1S/C22H31N3OS/c1-13(2)9-8-10-14(3)17-15-11-6-4-5-7-12-16(15)25-22-18(17)19(23)20(27-22)21(24)26/h9,14H,4-8,10-12,23H2,1-3H3,(H2,24,26). The molecule has 146 valence electrons. The summed E-state index contributed by atoms with van der Waals surface area (Å²) in [6.07, 6.45) is 11.4. The zero-order valence-corrected chi connectivity index (χ0v) is 17.5. The van der Waals surface area contributed by atoms with Gasteiger partial charge in [-0.15, -0.1) is 11.3 Å². The molecule has 1 aliphatic carbocycles. The van der Waals surface area contributed by atoms with Crippen LogP contribution in [-0.4, -0.2) is 10.9 Å². The number of thiophene rings is 1. The first kappa shape index (κ1) is 19.9. The number of carbonyl (C=O) groups is 1. The third-order valence-corrected chi connectivity index (χ3v) is 6.68. The zero-order valence-electron chi connectivity index (χ0n) is 16.7. The monoisotopic (exact) mass is 385 g/mol. The van der Waals surface area contributed by atoms with Crippen LogP contribution in [0.4, 0.5) is 5.69 Å². The second-order valence-corrected chi connectivity index (χ2v) is 9.01. The fraction of sp³-hybridized carbons (Fsp3) is 0.545. The number of primary amides is 1. The Morgan fingerprint density at radius 1 is 1.22 bits per heavy atom. The van der Waals surface area contributed by atoms with Crippen molar-refractivity contribution in [2.75, 3.05) is 5.73 Å². The van der Waals surface area contributed by atoms with E-state index in [4.69, 9.17) is 16.5 Å². The molecule has 0 radical (unpaired) electrons. The lowest BCUT2D eigenvalue weighted by Gasteiger charge is -2.22. The van der Waals surface area contributed by atoms with E-state index in [0.29, 0.717) is 16.5 Å². The second-order valence-electron chi connectivity index (χ2n) is 8.01. The van der Waals surface area contributed by atoms with Crippen LogP contribution in [0.2, 0.25) is 0 Å². The Labute approximate surface area is 166 Å². The molecule has 0 spiro atoms. The molecule has 0 bridgehead atoms. The van der Waals surface area contributed by atoms with Gasteiger partial charge >= 0.3 is 0 Å². The Morgan fingerprint density at radius 3 is 2.59 bits per heavy atom. The second kappa shape index (κ2) is 8.42. The maximum atomic E-state index is 11.9. The number of fused-ring (bicyclic) bond motifs is 2. The molecule has 4 N–H and O–H groups in total. The van der Waals surface area contributed by atoms with Crippen molar-refractivity contribution >= 4 is 33.1 Å². The summed E-state index contributed by atoms with van der Waals surface area (Å²) in [6.45, 7) is 6.56. The van der Waals surface area contributed by atoms with E-state index in [2.05, 4.69) is 26.8 Å². The number of amides is 1. The molecule has 2 aromatic rings. The Balaban J connectivity index is 2.17. The van der Waals surface area contributed by atoms with Crippen LogP contribution in [-0.2, 0) is 12.8 Å². The molecule has 27 heavy (non-hydrogen) atoms. The zero-order chi connectivity index (χ0) is 19.6. The van der Waals surface area contributed by atoms with E-state index in [9.17, 15) is 4.79 Å². The van der Waals surface area contributed by atoms with Crippen molar-refractivity contribution in [1.82, 2.24) is 4.98 Å². The van der Waals surface area contributed by atoms with Gasteiger partial charge in [0.1, 0.15) is 9.71 Å². The molecular formula is C22H31N3OS. The predicted octanol–water partition coefficient (Wildman–Crippen LogP) is 5.49. The Kier molecular flexibility index (Phi) is 6.20. The summed E-state index contributed by atoms with van der Waals surface area (Å²) in [4.78, 5) is 18.2. The Bertz CT molecular complexity index is 878. The summed E-state index contributed by atoms with van der Waals surface area (Å²) < 4.78 is 0. The van der Waals surface area contributed by atoms with E-state index < -0.39 is 5.91 Å². The molecule has 5 heteroatoms. The average molecular weight is 386 g/mol. The fourth-order valence-corrected chi connectivity index (χ4v) is 5.18. The number of anilines is 1. The van der Waals surface area contributed by atoms with Crippen molar-refractivity contribution in [3.63, 3.8) is 0 Å². The summed E-state index contributed by atoms with van der Waals surface area (Å²) in [5, 5.41) is 0.984. The van der Waals surface area contributed by atoms with Gasteiger partial charge in [-0.2, -0.15) is 0 Å². The van der Waals surface area contributed by atoms with Crippen molar-refractivity contribution < 1.29 is 4.79 Å². The topological polar surface area (TPSA) is 82.0 Å². The molecule has 0 saturated heterocycles. The Hall–Kier alpha value is -1.88. The number of nitrogens with zero attached hydrogens (tertiary/aromatic N) is 1. The van der Waals surface area contributed by atoms with Gasteiger partial charge in [0.05, 0.1) is 5.69 Å². The number of pyridine rings is 1. The minimum absolute atomic E-state index is 0.372. The molecule has 4 nitrogen and oxygen atoms in total. The highest BCUT2D eigenvalue weighted by Crippen LogP contribution is 2.42. The summed E-state index contributed by atoms with van der Waals surface area (Å²) in [6, 6.07) is 0. The van der Waals surface area contributed by atoms with Crippen molar-refractivity contribution in [3.05, 3.63) is 33.3 Å². The average Bonchev–Trinajstić information content (AvgIpc) is 2.90. The van der Waals surface area contributed by atoms with Gasteiger partial charge < -0.3 is 11.5 Å². The van der Waals surface area contributed by atoms with Crippen LogP contribution in [0.1, 0.15) is 91.7 Å². The minimum atomic E-state index is -0.453. The SMILES string of the molecule is CC(C)=CCCC(C)c1c2c(nc3sc(C(N)=O)c(N)c13)CCCCCC2. The number of hydrogen-bond acceptors (Lipinski definition) is 4. The van der Waals surface area contributed by atoms with Crippen LogP contribution >= 0.6 is 11.3 Å². The molecule has 1 atom stereocenters. The lowest BCUT2D eigenvalue weighted by atomic mass is 9.84. The maximum absolute atomic E-state index is 11.9. The summed E-state index contributed by atoms with van der Waals surface area (Å²) in [5.74, 6) is -0.0806. The van der Waals surface area contributed by atoms with Gasteiger partial charge in [0.25, 0.3) is 5.91 Å². The number of nitrogen functional groups attached to an aromatic ring is 1. The highest BCUT2D eigenvalue weighted by molar-refractivity contribution is 7.21. The van der Waals surface area contributed by atoms with E-state index in [1.54, 1.807) is 0 Å². The normalized spacial score (nSPS) is 15.7. The number of hydrogen-bond donors (Lipinski definition) is 2. The molecular weight excluding hydrogens is 354 g/mol. The minimum Gasteiger partial charge on any atom is -0.397 e. The van der Waals surface area contributed by atoms with E-state index in [-0.39, 0.29) is 0 Å². The molecule has 1 aliphatic rings. The van der Waals surface area contributed by atoms with Gasteiger partial charge in [-0.25, -0.2) is 4.98 Å². The maximum Gasteiger partial charge on any atom is 0.260 e. The first-order valence-corrected chi connectivity index (χ1v) is 10.9. The molecule has 2 aromatic heterocycles. The van der Waals surface area contributed by atoms with Crippen molar-refractivity contribution in [2.24, 2.45) is 5.73 Å². The summed E-state index contributed by atoms with van der Waals surface area (Å²) >= 11 is 1.35. The summed E-state index contributed by atoms with van der Waals surface area (Å²) in [7, 11) is 0. The van der Waals surface area contributed by atoms with Crippen LogP contribution in [0, 0.1) is 0 Å². The fourth-order valence-electron chi connectivity index (χ4n) is 4.19. The van der Waals surface area contributed by atoms with Crippen LogP contribution in [0.25, 0.3) is 10.2 Å². The molecule has 1 unspecified atom stereocenters. The summed E-state index contributed by atoms with van der Waals surface area (Å²) in [5.41, 5.74) is 17.8. The largest absolute Gasteiger partial charge is 0.397 e. The molecule has 0 saturated carbocycles. The first-order chi connectivity index (χ1) is 12.9. The predicted molar refractivity (Wildman–Crippen MR) is 116 cm³/mol.